The molecule has 122 valence electrons. The Morgan fingerprint density at radius 3 is 2.74 bits per heavy atom. The molecule has 0 radical (unpaired) electrons. The van der Waals surface area contributed by atoms with Gasteiger partial charge in [-0.2, -0.15) is 0 Å². The monoisotopic (exact) mass is 371 g/mol. The van der Waals surface area contributed by atoms with Gasteiger partial charge in [0.2, 0.25) is 0 Å². The van der Waals surface area contributed by atoms with Crippen molar-refractivity contribution < 1.29 is 14.3 Å². The van der Waals surface area contributed by atoms with E-state index in [0.29, 0.717) is 23.0 Å². The molecule has 1 N–H and O–H groups in total. The van der Waals surface area contributed by atoms with Crippen LogP contribution in [0.3, 0.4) is 0 Å². The van der Waals surface area contributed by atoms with Gasteiger partial charge < -0.3 is 10.1 Å². The van der Waals surface area contributed by atoms with Crippen LogP contribution in [0.1, 0.15) is 10.4 Å². The highest BCUT2D eigenvalue weighted by atomic mass is 35.5. The van der Waals surface area contributed by atoms with Gasteiger partial charge in [-0.15, -0.1) is 11.3 Å². The minimum atomic E-state index is -0.414. The summed E-state index contributed by atoms with van der Waals surface area (Å²) in [6.07, 6.45) is 0.760. The molecule has 7 heteroatoms. The second kappa shape index (κ2) is 8.91. The zero-order valence-electron chi connectivity index (χ0n) is 12.2. The number of carbonyl (C=O) groups is 2. The quantitative estimate of drug-likeness (QED) is 0.757. The molecule has 0 aliphatic heterocycles. The molecule has 23 heavy (non-hydrogen) atoms. The SMILES string of the molecule is O=C(COC(=O)Cc1cccs1)NCCc1ccc(Cl)cc1Cl. The first kappa shape index (κ1) is 17.8. The number of thiophene rings is 1. The van der Waals surface area contributed by atoms with E-state index >= 15 is 0 Å². The van der Waals surface area contributed by atoms with Crippen LogP contribution in [0.25, 0.3) is 0 Å². The van der Waals surface area contributed by atoms with Crippen LogP contribution in [0.5, 0.6) is 0 Å². The van der Waals surface area contributed by atoms with Crippen molar-refractivity contribution in [2.45, 2.75) is 12.8 Å². The fourth-order valence-electron chi connectivity index (χ4n) is 1.86. The first-order valence-corrected chi connectivity index (χ1v) is 8.57. The number of amides is 1. The van der Waals surface area contributed by atoms with Crippen LogP contribution in [-0.2, 0) is 27.2 Å². The van der Waals surface area contributed by atoms with Gasteiger partial charge in [0.1, 0.15) is 0 Å². The molecule has 0 atom stereocenters. The van der Waals surface area contributed by atoms with Gasteiger partial charge in [-0.1, -0.05) is 35.3 Å². The lowest BCUT2D eigenvalue weighted by atomic mass is 10.1. The molecule has 1 aromatic carbocycles. The van der Waals surface area contributed by atoms with E-state index in [1.807, 2.05) is 23.6 Å². The zero-order chi connectivity index (χ0) is 16.7. The number of hydrogen-bond acceptors (Lipinski definition) is 4. The molecule has 0 fully saturated rings. The summed E-state index contributed by atoms with van der Waals surface area (Å²) in [5.41, 5.74) is 0.894. The summed E-state index contributed by atoms with van der Waals surface area (Å²) < 4.78 is 4.93. The predicted octanol–water partition coefficient (Wildman–Crippen LogP) is 3.50. The van der Waals surface area contributed by atoms with Crippen LogP contribution >= 0.6 is 34.5 Å². The molecule has 0 unspecified atom stereocenters. The Morgan fingerprint density at radius 2 is 2.04 bits per heavy atom. The fraction of sp³-hybridized carbons (Fsp3) is 0.250. The van der Waals surface area contributed by atoms with Crippen molar-refractivity contribution in [2.75, 3.05) is 13.2 Å². The van der Waals surface area contributed by atoms with E-state index in [1.165, 1.54) is 11.3 Å². The van der Waals surface area contributed by atoms with Crippen molar-refractivity contribution in [3.8, 4) is 0 Å². The molecular formula is C16H15Cl2NO3S. The second-order valence-electron chi connectivity index (χ2n) is 4.75. The Labute approximate surface area is 148 Å². The van der Waals surface area contributed by atoms with E-state index in [1.54, 1.807) is 12.1 Å². The third-order valence-corrected chi connectivity index (χ3v) is 4.46. The van der Waals surface area contributed by atoms with Crippen molar-refractivity contribution in [2.24, 2.45) is 0 Å². The Hall–Kier alpha value is -1.56. The van der Waals surface area contributed by atoms with Gasteiger partial charge in [0.05, 0.1) is 6.42 Å². The molecule has 1 heterocycles. The third kappa shape index (κ3) is 6.22. The Bertz CT molecular complexity index is 674. The normalized spacial score (nSPS) is 10.3. The lowest BCUT2D eigenvalue weighted by molar-refractivity contribution is -0.147. The molecule has 0 spiro atoms. The zero-order valence-corrected chi connectivity index (χ0v) is 14.5. The first-order chi connectivity index (χ1) is 11.0. The second-order valence-corrected chi connectivity index (χ2v) is 6.63. The van der Waals surface area contributed by atoms with Gasteiger partial charge in [-0.05, 0) is 35.6 Å². The smallest absolute Gasteiger partial charge is 0.311 e. The third-order valence-electron chi connectivity index (χ3n) is 2.99. The summed E-state index contributed by atoms with van der Waals surface area (Å²) in [4.78, 5) is 24.1. The Balaban J connectivity index is 1.66. The minimum absolute atomic E-state index is 0.186. The van der Waals surface area contributed by atoms with Crippen molar-refractivity contribution >= 4 is 46.4 Å². The maximum atomic E-state index is 11.6. The topological polar surface area (TPSA) is 55.4 Å². The maximum absolute atomic E-state index is 11.6. The average molecular weight is 372 g/mol. The van der Waals surface area contributed by atoms with Crippen molar-refractivity contribution in [3.05, 3.63) is 56.2 Å². The van der Waals surface area contributed by atoms with Crippen LogP contribution in [0.2, 0.25) is 10.0 Å². The van der Waals surface area contributed by atoms with Gasteiger partial charge in [0.15, 0.2) is 6.61 Å². The standard InChI is InChI=1S/C16H15Cl2NO3S/c17-12-4-3-11(14(18)8-12)5-6-19-15(20)10-22-16(21)9-13-2-1-7-23-13/h1-4,7-8H,5-6,9-10H2,(H,19,20). The number of esters is 1. The highest BCUT2D eigenvalue weighted by Gasteiger charge is 2.09. The average Bonchev–Trinajstić information content (AvgIpc) is 3.00. The molecule has 0 aliphatic rings. The molecule has 0 aliphatic carbocycles. The van der Waals surface area contributed by atoms with E-state index < -0.39 is 5.97 Å². The largest absolute Gasteiger partial charge is 0.455 e. The van der Waals surface area contributed by atoms with Gasteiger partial charge in [-0.3, -0.25) is 9.59 Å². The van der Waals surface area contributed by atoms with Crippen LogP contribution in [0.4, 0.5) is 0 Å². The van der Waals surface area contributed by atoms with Crippen LogP contribution in [-0.4, -0.2) is 25.0 Å². The molecule has 1 amide bonds. The van der Waals surface area contributed by atoms with Crippen LogP contribution in [0.15, 0.2) is 35.7 Å². The van der Waals surface area contributed by atoms with Gasteiger partial charge >= 0.3 is 5.97 Å². The fourth-order valence-corrected chi connectivity index (χ4v) is 3.06. The molecule has 0 bridgehead atoms. The van der Waals surface area contributed by atoms with Gasteiger partial charge in [0.25, 0.3) is 5.91 Å². The lowest BCUT2D eigenvalue weighted by Gasteiger charge is -2.07. The Morgan fingerprint density at radius 1 is 1.22 bits per heavy atom. The molecule has 0 saturated heterocycles. The summed E-state index contributed by atoms with van der Waals surface area (Å²) >= 11 is 13.3. The van der Waals surface area contributed by atoms with E-state index in [-0.39, 0.29) is 18.9 Å². The summed E-state index contributed by atoms with van der Waals surface area (Å²) in [6.45, 7) is 0.126. The van der Waals surface area contributed by atoms with Gasteiger partial charge in [0, 0.05) is 21.5 Å². The van der Waals surface area contributed by atoms with Gasteiger partial charge in [-0.25, -0.2) is 0 Å². The number of nitrogens with one attached hydrogen (secondary N) is 1. The summed E-state index contributed by atoms with van der Waals surface area (Å²) in [5, 5.41) is 5.70. The van der Waals surface area contributed by atoms with Crippen LogP contribution < -0.4 is 5.32 Å². The van der Waals surface area contributed by atoms with Crippen molar-refractivity contribution in [3.63, 3.8) is 0 Å². The Kier molecular flexibility index (Phi) is 6.89. The number of carbonyl (C=O) groups excluding carboxylic acids is 2. The van der Waals surface area contributed by atoms with Crippen molar-refractivity contribution in [1.29, 1.82) is 0 Å². The molecule has 0 saturated carbocycles. The number of benzene rings is 1. The predicted molar refractivity (Wildman–Crippen MR) is 92.2 cm³/mol. The number of rotatable bonds is 7. The van der Waals surface area contributed by atoms with E-state index in [0.717, 1.165) is 10.4 Å². The summed E-state index contributed by atoms with van der Waals surface area (Å²) in [5.74, 6) is -0.752. The maximum Gasteiger partial charge on any atom is 0.311 e. The van der Waals surface area contributed by atoms with E-state index in [2.05, 4.69) is 5.32 Å². The highest BCUT2D eigenvalue weighted by molar-refractivity contribution is 7.10. The molecule has 2 aromatic rings. The van der Waals surface area contributed by atoms with E-state index in [4.69, 9.17) is 27.9 Å². The number of ether oxygens (including phenoxy) is 1. The number of halogens is 2. The summed E-state index contributed by atoms with van der Waals surface area (Å²) in [7, 11) is 0. The summed E-state index contributed by atoms with van der Waals surface area (Å²) in [6, 6.07) is 8.94. The molecule has 4 nitrogen and oxygen atoms in total. The van der Waals surface area contributed by atoms with Crippen molar-refractivity contribution in [1.82, 2.24) is 5.32 Å². The molecule has 2 rings (SSSR count). The van der Waals surface area contributed by atoms with E-state index in [9.17, 15) is 9.59 Å². The van der Waals surface area contributed by atoms with Crippen LogP contribution in [0, 0.1) is 0 Å². The number of hydrogen-bond donors (Lipinski definition) is 1. The highest BCUT2D eigenvalue weighted by Crippen LogP contribution is 2.21. The minimum Gasteiger partial charge on any atom is -0.455 e. The molecular weight excluding hydrogens is 357 g/mol. The lowest BCUT2D eigenvalue weighted by Crippen LogP contribution is -2.30. The molecule has 1 aromatic heterocycles. The first-order valence-electron chi connectivity index (χ1n) is 6.93.